The number of nitrogens with one attached hydrogen (secondary N) is 1. The van der Waals surface area contributed by atoms with Gasteiger partial charge in [0, 0.05) is 5.69 Å². The van der Waals surface area contributed by atoms with Gasteiger partial charge in [-0.3, -0.25) is 4.79 Å². The van der Waals surface area contributed by atoms with Crippen LogP contribution in [0.1, 0.15) is 49.0 Å². The molecule has 2 rings (SSSR count). The summed E-state index contributed by atoms with van der Waals surface area (Å²) in [4.78, 5) is 24.6. The number of para-hydroxylation sites is 1. The van der Waals surface area contributed by atoms with Gasteiger partial charge < -0.3 is 14.8 Å². The van der Waals surface area contributed by atoms with Crippen LogP contribution in [0.4, 0.5) is 14.5 Å². The second-order valence-electron chi connectivity index (χ2n) is 6.34. The van der Waals surface area contributed by atoms with Crippen LogP contribution in [0.15, 0.2) is 48.5 Å². The molecule has 2 aromatic carbocycles. The van der Waals surface area contributed by atoms with Crippen LogP contribution in [-0.2, 0) is 9.53 Å². The lowest BCUT2D eigenvalue weighted by atomic mass is 9.97. The minimum absolute atomic E-state index is 0.0704. The number of carbonyl (C=O) groups is 2. The highest BCUT2D eigenvalue weighted by Gasteiger charge is 2.20. The van der Waals surface area contributed by atoms with Gasteiger partial charge in [0.25, 0.3) is 5.91 Å². The molecule has 2 aromatic rings. The zero-order valence-electron chi connectivity index (χ0n) is 15.9. The number of anilines is 1. The van der Waals surface area contributed by atoms with Crippen molar-refractivity contribution >= 4 is 17.6 Å². The predicted octanol–water partition coefficient (Wildman–Crippen LogP) is 4.99. The van der Waals surface area contributed by atoms with Crippen LogP contribution in [0.25, 0.3) is 0 Å². The van der Waals surface area contributed by atoms with E-state index < -0.39 is 24.6 Å². The van der Waals surface area contributed by atoms with E-state index in [-0.39, 0.29) is 17.2 Å². The molecule has 7 heteroatoms. The Morgan fingerprint density at radius 3 is 2.29 bits per heavy atom. The number of esters is 1. The zero-order chi connectivity index (χ0) is 20.7. The molecule has 150 valence electrons. The SMILES string of the molecule is CC[C@H](C)c1ccccc1NC(=O)[C@@H](C)OC(=O)c1ccc(OC(F)F)cc1. The first-order valence-corrected chi connectivity index (χ1v) is 8.97. The lowest BCUT2D eigenvalue weighted by Gasteiger charge is -2.18. The van der Waals surface area contributed by atoms with Crippen molar-refractivity contribution < 1.29 is 27.8 Å². The number of carbonyl (C=O) groups excluding carboxylic acids is 2. The Morgan fingerprint density at radius 1 is 1.04 bits per heavy atom. The van der Waals surface area contributed by atoms with Crippen LogP contribution in [0.2, 0.25) is 0 Å². The lowest BCUT2D eigenvalue weighted by molar-refractivity contribution is -0.123. The van der Waals surface area contributed by atoms with Crippen LogP contribution < -0.4 is 10.1 Å². The fraction of sp³-hybridized carbons (Fsp3) is 0.333. The largest absolute Gasteiger partial charge is 0.449 e. The van der Waals surface area contributed by atoms with E-state index in [1.807, 2.05) is 18.2 Å². The first-order valence-electron chi connectivity index (χ1n) is 8.97. The molecule has 1 amide bonds. The molecule has 0 spiro atoms. The van der Waals surface area contributed by atoms with Crippen molar-refractivity contribution in [2.45, 2.75) is 45.8 Å². The van der Waals surface area contributed by atoms with Crippen molar-refractivity contribution in [3.05, 3.63) is 59.7 Å². The summed E-state index contributed by atoms with van der Waals surface area (Å²) in [7, 11) is 0. The molecule has 0 saturated heterocycles. The van der Waals surface area contributed by atoms with Crippen molar-refractivity contribution in [2.24, 2.45) is 0 Å². The van der Waals surface area contributed by atoms with Gasteiger partial charge in [-0.2, -0.15) is 8.78 Å². The maximum atomic E-state index is 12.4. The number of hydrogen-bond acceptors (Lipinski definition) is 4. The minimum atomic E-state index is -2.94. The highest BCUT2D eigenvalue weighted by Crippen LogP contribution is 2.26. The van der Waals surface area contributed by atoms with Crippen LogP contribution in [-0.4, -0.2) is 24.6 Å². The second kappa shape index (κ2) is 9.82. The van der Waals surface area contributed by atoms with Gasteiger partial charge in [-0.1, -0.05) is 32.0 Å². The molecule has 0 bridgehead atoms. The number of benzene rings is 2. The maximum absolute atomic E-state index is 12.4. The molecule has 0 aliphatic carbocycles. The van der Waals surface area contributed by atoms with Gasteiger partial charge in [-0.25, -0.2) is 4.79 Å². The second-order valence-corrected chi connectivity index (χ2v) is 6.34. The third-order valence-electron chi connectivity index (χ3n) is 4.33. The van der Waals surface area contributed by atoms with Crippen LogP contribution >= 0.6 is 0 Å². The Bertz CT molecular complexity index is 808. The van der Waals surface area contributed by atoms with Gasteiger partial charge in [0.05, 0.1) is 5.56 Å². The van der Waals surface area contributed by atoms with Crippen LogP contribution in [0.3, 0.4) is 0 Å². The van der Waals surface area contributed by atoms with E-state index in [4.69, 9.17) is 4.74 Å². The van der Waals surface area contributed by atoms with Gasteiger partial charge in [0.2, 0.25) is 0 Å². The molecule has 0 aliphatic heterocycles. The monoisotopic (exact) mass is 391 g/mol. The fourth-order valence-corrected chi connectivity index (χ4v) is 2.55. The van der Waals surface area contributed by atoms with Crippen molar-refractivity contribution in [1.29, 1.82) is 0 Å². The van der Waals surface area contributed by atoms with Crippen molar-refractivity contribution in [3.63, 3.8) is 0 Å². The van der Waals surface area contributed by atoms with Crippen molar-refractivity contribution in [3.8, 4) is 5.75 Å². The van der Waals surface area contributed by atoms with Crippen molar-refractivity contribution in [1.82, 2.24) is 0 Å². The summed E-state index contributed by atoms with van der Waals surface area (Å²) in [5.41, 5.74) is 1.81. The minimum Gasteiger partial charge on any atom is -0.449 e. The predicted molar refractivity (Wildman–Crippen MR) is 102 cm³/mol. The number of alkyl halides is 2. The molecular formula is C21H23F2NO4. The first-order chi connectivity index (χ1) is 13.3. The highest BCUT2D eigenvalue weighted by molar-refractivity contribution is 5.97. The molecule has 0 aliphatic rings. The summed E-state index contributed by atoms with van der Waals surface area (Å²) in [6.45, 7) is 2.65. The lowest BCUT2D eigenvalue weighted by Crippen LogP contribution is -2.30. The van der Waals surface area contributed by atoms with Gasteiger partial charge >= 0.3 is 12.6 Å². The third-order valence-corrected chi connectivity index (χ3v) is 4.33. The Balaban J connectivity index is 2.00. The van der Waals surface area contributed by atoms with Crippen LogP contribution in [0, 0.1) is 0 Å². The summed E-state index contributed by atoms with van der Waals surface area (Å²) in [5.74, 6) is -0.995. The van der Waals surface area contributed by atoms with Gasteiger partial charge in [-0.05, 0) is 55.2 Å². The fourth-order valence-electron chi connectivity index (χ4n) is 2.55. The van der Waals surface area contributed by atoms with E-state index >= 15 is 0 Å². The first kappa shape index (κ1) is 21.3. The smallest absolute Gasteiger partial charge is 0.387 e. The highest BCUT2D eigenvalue weighted by atomic mass is 19.3. The maximum Gasteiger partial charge on any atom is 0.387 e. The van der Waals surface area contributed by atoms with E-state index in [2.05, 4.69) is 23.9 Å². The third kappa shape index (κ3) is 5.77. The zero-order valence-corrected chi connectivity index (χ0v) is 15.9. The summed E-state index contributed by atoms with van der Waals surface area (Å²) in [5, 5.41) is 2.79. The summed E-state index contributed by atoms with van der Waals surface area (Å²) >= 11 is 0. The van der Waals surface area contributed by atoms with E-state index in [9.17, 15) is 18.4 Å². The Labute approximate surface area is 162 Å². The standard InChI is InChI=1S/C21H23F2NO4/c1-4-13(2)17-7-5-6-8-18(17)24-19(25)14(3)27-20(26)15-9-11-16(12-10-15)28-21(22)23/h5-14,21H,4H2,1-3H3,(H,24,25)/t13-,14+/m0/s1. The number of ether oxygens (including phenoxy) is 2. The van der Waals surface area contributed by atoms with Gasteiger partial charge in [0.15, 0.2) is 6.10 Å². The van der Waals surface area contributed by atoms with E-state index in [1.54, 1.807) is 6.07 Å². The number of hydrogen-bond donors (Lipinski definition) is 1. The Morgan fingerprint density at radius 2 is 1.68 bits per heavy atom. The average Bonchev–Trinajstić information content (AvgIpc) is 2.67. The molecule has 5 nitrogen and oxygen atoms in total. The molecule has 28 heavy (non-hydrogen) atoms. The molecule has 2 atom stereocenters. The molecule has 0 unspecified atom stereocenters. The van der Waals surface area contributed by atoms with Crippen molar-refractivity contribution in [2.75, 3.05) is 5.32 Å². The topological polar surface area (TPSA) is 64.6 Å². The molecule has 0 fully saturated rings. The molecule has 0 radical (unpaired) electrons. The summed E-state index contributed by atoms with van der Waals surface area (Å²) in [6, 6.07) is 12.5. The molecular weight excluding hydrogens is 368 g/mol. The summed E-state index contributed by atoms with van der Waals surface area (Å²) in [6.07, 6.45) is -0.114. The quantitative estimate of drug-likeness (QED) is 0.644. The molecule has 0 heterocycles. The summed E-state index contributed by atoms with van der Waals surface area (Å²) < 4.78 is 33.7. The number of amides is 1. The molecule has 0 aromatic heterocycles. The van der Waals surface area contributed by atoms with Gasteiger partial charge in [-0.15, -0.1) is 0 Å². The number of halogens is 2. The van der Waals surface area contributed by atoms with E-state index in [1.165, 1.54) is 31.2 Å². The van der Waals surface area contributed by atoms with E-state index in [0.717, 1.165) is 12.0 Å². The Hall–Kier alpha value is -2.96. The number of rotatable bonds is 8. The molecule has 1 N–H and O–H groups in total. The van der Waals surface area contributed by atoms with Crippen LogP contribution in [0.5, 0.6) is 5.75 Å². The normalized spacial score (nSPS) is 12.9. The average molecular weight is 391 g/mol. The Kier molecular flexibility index (Phi) is 7.49. The molecule has 0 saturated carbocycles. The van der Waals surface area contributed by atoms with E-state index in [0.29, 0.717) is 5.69 Å². The van der Waals surface area contributed by atoms with Gasteiger partial charge in [0.1, 0.15) is 5.75 Å².